The molecule has 32 heavy (non-hydrogen) atoms. The standard InChI is InChI=1S/C24H31N5O2.H2S/c1-5-20(30)28-10-7-17(8-11-28)19-6-9-26-24-21(23(25)31)22(27-29(19)24)18-12-14(2)16(4)15(3)13-18;/h5,12-13,17,19,26H,1,6-11H2,2-4H3,(H2,25,31);1H2. The molecule has 0 radical (unpaired) electrons. The Labute approximate surface area is 196 Å². The van der Waals surface area contributed by atoms with Gasteiger partial charge in [0.15, 0.2) is 0 Å². The largest absolute Gasteiger partial charge is 0.370 e. The summed E-state index contributed by atoms with van der Waals surface area (Å²) in [6.45, 7) is 12.1. The van der Waals surface area contributed by atoms with E-state index < -0.39 is 5.91 Å². The van der Waals surface area contributed by atoms with Gasteiger partial charge in [-0.2, -0.15) is 18.6 Å². The summed E-state index contributed by atoms with van der Waals surface area (Å²) in [5.41, 5.74) is 11.4. The van der Waals surface area contributed by atoms with Crippen LogP contribution in [0.2, 0.25) is 0 Å². The highest BCUT2D eigenvalue weighted by Gasteiger charge is 2.35. The lowest BCUT2D eigenvalue weighted by Crippen LogP contribution is -2.41. The molecule has 2 aliphatic rings. The smallest absolute Gasteiger partial charge is 0.254 e. The van der Waals surface area contributed by atoms with Crippen LogP contribution in [0.3, 0.4) is 0 Å². The average molecular weight is 456 g/mol. The lowest BCUT2D eigenvalue weighted by Gasteiger charge is -2.38. The van der Waals surface area contributed by atoms with Gasteiger partial charge in [-0.25, -0.2) is 4.68 Å². The number of carbonyl (C=O) groups is 2. The van der Waals surface area contributed by atoms with Crippen LogP contribution in [0.1, 0.15) is 52.4 Å². The Morgan fingerprint density at radius 2 is 1.78 bits per heavy atom. The predicted octanol–water partition coefficient (Wildman–Crippen LogP) is 3.47. The molecule has 1 aromatic heterocycles. The van der Waals surface area contributed by atoms with Gasteiger partial charge in [-0.05, 0) is 80.9 Å². The molecule has 3 N–H and O–H groups in total. The molecule has 1 fully saturated rings. The highest BCUT2D eigenvalue weighted by molar-refractivity contribution is 7.59. The van der Waals surface area contributed by atoms with Gasteiger partial charge in [0.1, 0.15) is 17.1 Å². The molecule has 1 unspecified atom stereocenters. The van der Waals surface area contributed by atoms with Crippen LogP contribution < -0.4 is 11.1 Å². The van der Waals surface area contributed by atoms with Crippen LogP contribution in [0, 0.1) is 26.7 Å². The van der Waals surface area contributed by atoms with Crippen molar-refractivity contribution in [2.24, 2.45) is 11.7 Å². The van der Waals surface area contributed by atoms with E-state index in [1.165, 1.54) is 22.8 Å². The number of anilines is 1. The molecular weight excluding hydrogens is 422 g/mol. The molecular formula is C24H33N5O2S. The van der Waals surface area contributed by atoms with Gasteiger partial charge >= 0.3 is 0 Å². The van der Waals surface area contributed by atoms with Gasteiger partial charge in [0, 0.05) is 25.2 Å². The predicted molar refractivity (Wildman–Crippen MR) is 132 cm³/mol. The zero-order valence-electron chi connectivity index (χ0n) is 19.1. The first-order valence-corrected chi connectivity index (χ1v) is 11.0. The second-order valence-corrected chi connectivity index (χ2v) is 8.77. The Morgan fingerprint density at radius 1 is 1.16 bits per heavy atom. The van der Waals surface area contributed by atoms with Crippen molar-refractivity contribution in [1.82, 2.24) is 14.7 Å². The maximum Gasteiger partial charge on any atom is 0.254 e. The number of nitrogens with zero attached hydrogens (tertiary/aromatic N) is 3. The summed E-state index contributed by atoms with van der Waals surface area (Å²) in [5.74, 6) is 0.641. The van der Waals surface area contributed by atoms with E-state index in [9.17, 15) is 9.59 Å². The van der Waals surface area contributed by atoms with Gasteiger partial charge in [-0.3, -0.25) is 9.59 Å². The Balaban J connectivity index is 0.00000289. The molecule has 2 aromatic rings. The quantitative estimate of drug-likeness (QED) is 0.691. The minimum absolute atomic E-state index is 0. The number of benzene rings is 1. The fourth-order valence-corrected chi connectivity index (χ4v) is 4.98. The van der Waals surface area contributed by atoms with Gasteiger partial charge in [-0.1, -0.05) is 6.58 Å². The number of piperidine rings is 1. The molecule has 0 bridgehead atoms. The van der Waals surface area contributed by atoms with Gasteiger partial charge in [0.25, 0.3) is 5.91 Å². The Hall–Kier alpha value is -2.74. The van der Waals surface area contributed by atoms with E-state index in [1.807, 2.05) is 9.58 Å². The van der Waals surface area contributed by atoms with E-state index in [-0.39, 0.29) is 25.4 Å². The van der Waals surface area contributed by atoms with E-state index in [4.69, 9.17) is 10.8 Å². The SMILES string of the molecule is C=CC(=O)N1CCC(C2CCNc3c(C(N)=O)c(-c4cc(C)c(C)c(C)c4)nn32)CC1.S. The third-order valence-corrected chi connectivity index (χ3v) is 6.97. The van der Waals surface area contributed by atoms with E-state index in [0.29, 0.717) is 17.2 Å². The zero-order valence-corrected chi connectivity index (χ0v) is 20.1. The Bertz CT molecular complexity index is 1030. The number of fused-ring (bicyclic) bond motifs is 1. The van der Waals surface area contributed by atoms with Crippen molar-refractivity contribution in [1.29, 1.82) is 0 Å². The van der Waals surface area contributed by atoms with Gasteiger partial charge in [0.05, 0.1) is 6.04 Å². The number of hydrogen-bond donors (Lipinski definition) is 2. The van der Waals surface area contributed by atoms with Crippen molar-refractivity contribution in [2.45, 2.75) is 46.1 Å². The zero-order chi connectivity index (χ0) is 22.3. The van der Waals surface area contributed by atoms with Crippen molar-refractivity contribution < 1.29 is 9.59 Å². The van der Waals surface area contributed by atoms with Crippen LogP contribution in [-0.4, -0.2) is 46.1 Å². The van der Waals surface area contributed by atoms with Crippen LogP contribution in [0.25, 0.3) is 11.3 Å². The molecule has 3 heterocycles. The van der Waals surface area contributed by atoms with E-state index >= 15 is 0 Å². The number of primary amides is 1. The molecule has 2 aliphatic heterocycles. The third-order valence-electron chi connectivity index (χ3n) is 6.97. The van der Waals surface area contributed by atoms with Crippen LogP contribution in [0.4, 0.5) is 5.82 Å². The van der Waals surface area contributed by atoms with Crippen LogP contribution in [-0.2, 0) is 4.79 Å². The number of hydrogen-bond acceptors (Lipinski definition) is 4. The molecule has 0 aliphatic carbocycles. The van der Waals surface area contributed by atoms with Crippen molar-refractivity contribution in [3.8, 4) is 11.3 Å². The lowest BCUT2D eigenvalue weighted by atomic mass is 9.87. The van der Waals surface area contributed by atoms with Crippen LogP contribution in [0.5, 0.6) is 0 Å². The minimum atomic E-state index is -0.466. The van der Waals surface area contributed by atoms with Crippen molar-refractivity contribution in [2.75, 3.05) is 25.0 Å². The summed E-state index contributed by atoms with van der Waals surface area (Å²) in [6, 6.07) is 4.34. The summed E-state index contributed by atoms with van der Waals surface area (Å²) < 4.78 is 1.99. The first-order chi connectivity index (χ1) is 14.8. The Kier molecular flexibility index (Phi) is 7.03. The van der Waals surface area contributed by atoms with Gasteiger partial charge in [-0.15, -0.1) is 0 Å². The Morgan fingerprint density at radius 3 is 2.34 bits per heavy atom. The number of likely N-dealkylation sites (tertiary alicyclic amines) is 1. The molecule has 8 heteroatoms. The topological polar surface area (TPSA) is 93.2 Å². The first kappa shape index (κ1) is 23.9. The molecule has 2 amide bonds. The minimum Gasteiger partial charge on any atom is -0.370 e. The summed E-state index contributed by atoms with van der Waals surface area (Å²) in [5, 5.41) is 8.31. The number of aryl methyl sites for hydroxylation is 2. The van der Waals surface area contributed by atoms with E-state index in [1.54, 1.807) is 0 Å². The van der Waals surface area contributed by atoms with Crippen LogP contribution >= 0.6 is 13.5 Å². The fraction of sp³-hybridized carbons (Fsp3) is 0.458. The average Bonchev–Trinajstić information content (AvgIpc) is 3.16. The monoisotopic (exact) mass is 455 g/mol. The molecule has 4 rings (SSSR count). The molecule has 0 saturated carbocycles. The molecule has 7 nitrogen and oxygen atoms in total. The number of nitrogens with two attached hydrogens (primary N) is 1. The number of rotatable bonds is 4. The summed E-state index contributed by atoms with van der Waals surface area (Å²) in [4.78, 5) is 26.3. The normalized spacial score (nSPS) is 18.3. The number of nitrogens with one attached hydrogen (secondary N) is 1. The maximum atomic E-state index is 12.5. The van der Waals surface area contributed by atoms with E-state index in [2.05, 4.69) is 44.8 Å². The molecule has 0 spiro atoms. The van der Waals surface area contributed by atoms with Crippen LogP contribution in [0.15, 0.2) is 24.8 Å². The second kappa shape index (κ2) is 9.40. The van der Waals surface area contributed by atoms with E-state index in [0.717, 1.165) is 50.3 Å². The van der Waals surface area contributed by atoms with Crippen molar-refractivity contribution in [3.63, 3.8) is 0 Å². The molecule has 172 valence electrons. The van der Waals surface area contributed by atoms with Gasteiger partial charge in [0.2, 0.25) is 5.91 Å². The first-order valence-electron chi connectivity index (χ1n) is 11.0. The van der Waals surface area contributed by atoms with Crippen molar-refractivity contribution >= 4 is 31.1 Å². The van der Waals surface area contributed by atoms with Crippen molar-refractivity contribution in [3.05, 3.63) is 47.0 Å². The number of aromatic nitrogens is 2. The molecule has 1 aromatic carbocycles. The fourth-order valence-electron chi connectivity index (χ4n) is 4.98. The lowest BCUT2D eigenvalue weighted by molar-refractivity contribution is -0.127. The summed E-state index contributed by atoms with van der Waals surface area (Å²) >= 11 is 0. The number of carbonyl (C=O) groups excluding carboxylic acids is 2. The number of amides is 2. The molecule has 1 saturated heterocycles. The third kappa shape index (κ3) is 4.16. The van der Waals surface area contributed by atoms with Gasteiger partial charge < -0.3 is 16.0 Å². The highest BCUT2D eigenvalue weighted by Crippen LogP contribution is 2.40. The molecule has 1 atom stereocenters. The maximum absolute atomic E-state index is 12.5. The summed E-state index contributed by atoms with van der Waals surface area (Å²) in [6.07, 6.45) is 4.13. The summed E-state index contributed by atoms with van der Waals surface area (Å²) in [7, 11) is 0. The second-order valence-electron chi connectivity index (χ2n) is 8.77. The highest BCUT2D eigenvalue weighted by atomic mass is 32.1.